The van der Waals surface area contributed by atoms with E-state index < -0.39 is 32.4 Å². The first-order valence-electron chi connectivity index (χ1n) is 9.28. The third-order valence-corrected chi connectivity index (χ3v) is 8.02. The summed E-state index contributed by atoms with van der Waals surface area (Å²) in [5.74, 6) is -1.12. The van der Waals surface area contributed by atoms with Gasteiger partial charge in [-0.1, -0.05) is 42.8 Å². The number of rotatable bonds is 7. The van der Waals surface area contributed by atoms with Gasteiger partial charge in [0, 0.05) is 17.5 Å². The van der Waals surface area contributed by atoms with Crippen molar-refractivity contribution in [3.8, 4) is 0 Å². The quantitative estimate of drug-likeness (QED) is 0.693. The number of nitrogens with two attached hydrogens (primary N) is 1. The van der Waals surface area contributed by atoms with Crippen LogP contribution in [0.4, 0.5) is 0 Å². The molecule has 150 valence electrons. The van der Waals surface area contributed by atoms with Crippen molar-refractivity contribution in [2.24, 2.45) is 11.1 Å². The van der Waals surface area contributed by atoms with E-state index in [-0.39, 0.29) is 18.0 Å². The monoisotopic (exact) mass is 421 g/mol. The van der Waals surface area contributed by atoms with Crippen LogP contribution >= 0.6 is 11.6 Å². The van der Waals surface area contributed by atoms with Crippen LogP contribution in [0, 0.1) is 5.41 Å². The van der Waals surface area contributed by atoms with E-state index in [4.69, 9.17) is 22.1 Å². The van der Waals surface area contributed by atoms with Crippen molar-refractivity contribution in [3.05, 3.63) is 64.7 Å². The number of carbonyl (C=O) groups excluding carboxylic acids is 1. The zero-order valence-corrected chi connectivity index (χ0v) is 17.5. The molecule has 0 bridgehead atoms. The molecule has 0 radical (unpaired) electrons. The molecule has 1 fully saturated rings. The van der Waals surface area contributed by atoms with Crippen LogP contribution in [0.15, 0.2) is 53.4 Å². The standard InChI is InChI=1S/C21H24ClNO4S/c1-3-14-5-7-15(8-6-14)18-19(21(18,13-23)20(24)27-4-2)28(25,26)17-11-9-16(22)10-12-17/h5-12,18-19H,3-4,13,23H2,1-2H3/t18-,19+,21+/m0/s1. The van der Waals surface area contributed by atoms with Gasteiger partial charge < -0.3 is 10.5 Å². The number of ether oxygens (including phenoxy) is 1. The molecule has 3 rings (SSSR count). The maximum absolute atomic E-state index is 13.4. The van der Waals surface area contributed by atoms with Crippen molar-refractivity contribution in [2.75, 3.05) is 13.2 Å². The molecule has 0 spiro atoms. The van der Waals surface area contributed by atoms with E-state index in [1.165, 1.54) is 24.3 Å². The van der Waals surface area contributed by atoms with E-state index in [0.717, 1.165) is 17.5 Å². The smallest absolute Gasteiger partial charge is 0.315 e. The summed E-state index contributed by atoms with van der Waals surface area (Å²) in [6.45, 7) is 3.79. The topological polar surface area (TPSA) is 86.5 Å². The maximum atomic E-state index is 13.4. The summed E-state index contributed by atoms with van der Waals surface area (Å²) in [5, 5.41) is -0.533. The summed E-state index contributed by atoms with van der Waals surface area (Å²) in [5.41, 5.74) is 6.61. The van der Waals surface area contributed by atoms with Crippen molar-refractivity contribution < 1.29 is 17.9 Å². The van der Waals surface area contributed by atoms with Crippen LogP contribution in [0.5, 0.6) is 0 Å². The summed E-state index contributed by atoms with van der Waals surface area (Å²) in [4.78, 5) is 12.9. The van der Waals surface area contributed by atoms with Crippen LogP contribution in [0.25, 0.3) is 0 Å². The Kier molecular flexibility index (Phi) is 5.84. The van der Waals surface area contributed by atoms with E-state index in [0.29, 0.717) is 5.02 Å². The van der Waals surface area contributed by atoms with Crippen LogP contribution in [-0.2, 0) is 25.8 Å². The lowest BCUT2D eigenvalue weighted by Crippen LogP contribution is -2.33. The number of hydrogen-bond acceptors (Lipinski definition) is 5. The van der Waals surface area contributed by atoms with Gasteiger partial charge in [-0.05, 0) is 48.7 Å². The zero-order chi connectivity index (χ0) is 20.5. The van der Waals surface area contributed by atoms with Gasteiger partial charge in [0.2, 0.25) is 0 Å². The number of sulfone groups is 1. The second-order valence-corrected chi connectivity index (χ2v) is 9.46. The largest absolute Gasteiger partial charge is 0.465 e. The van der Waals surface area contributed by atoms with Gasteiger partial charge in [0.05, 0.1) is 16.8 Å². The molecule has 5 nitrogen and oxygen atoms in total. The Bertz CT molecular complexity index is 957. The first-order valence-corrected chi connectivity index (χ1v) is 11.2. The molecule has 1 aliphatic carbocycles. The molecule has 7 heteroatoms. The van der Waals surface area contributed by atoms with Crippen molar-refractivity contribution in [3.63, 3.8) is 0 Å². The highest BCUT2D eigenvalue weighted by Gasteiger charge is 2.75. The van der Waals surface area contributed by atoms with Crippen LogP contribution in [-0.4, -0.2) is 32.8 Å². The molecule has 0 heterocycles. The number of halogens is 1. The minimum atomic E-state index is -3.82. The Morgan fingerprint density at radius 3 is 2.21 bits per heavy atom. The van der Waals surface area contributed by atoms with Crippen LogP contribution < -0.4 is 5.73 Å². The predicted molar refractivity (Wildman–Crippen MR) is 109 cm³/mol. The average molecular weight is 422 g/mol. The van der Waals surface area contributed by atoms with Gasteiger partial charge in [-0.3, -0.25) is 4.79 Å². The highest BCUT2D eigenvalue weighted by Crippen LogP contribution is 2.64. The summed E-state index contributed by atoms with van der Waals surface area (Å²) >= 11 is 5.90. The second-order valence-electron chi connectivity index (χ2n) is 6.96. The zero-order valence-electron chi connectivity index (χ0n) is 15.9. The van der Waals surface area contributed by atoms with Gasteiger partial charge in [-0.15, -0.1) is 0 Å². The molecule has 1 saturated carbocycles. The third-order valence-electron chi connectivity index (χ3n) is 5.47. The van der Waals surface area contributed by atoms with E-state index in [9.17, 15) is 13.2 Å². The molecule has 2 aromatic rings. The van der Waals surface area contributed by atoms with E-state index in [1.54, 1.807) is 6.92 Å². The van der Waals surface area contributed by atoms with E-state index in [2.05, 4.69) is 0 Å². The first kappa shape index (κ1) is 20.8. The Morgan fingerprint density at radius 2 is 1.71 bits per heavy atom. The molecule has 1 aliphatic rings. The number of carbonyl (C=O) groups is 1. The summed E-state index contributed by atoms with van der Waals surface area (Å²) in [7, 11) is -3.82. The predicted octanol–water partition coefficient (Wildman–Crippen LogP) is 3.35. The average Bonchev–Trinajstić information content (AvgIpc) is 3.40. The van der Waals surface area contributed by atoms with Crippen molar-refractivity contribution in [1.29, 1.82) is 0 Å². The number of benzene rings is 2. The molecule has 0 saturated heterocycles. The lowest BCUT2D eigenvalue weighted by atomic mass is 9.98. The summed E-state index contributed by atoms with van der Waals surface area (Å²) < 4.78 is 32.0. The lowest BCUT2D eigenvalue weighted by molar-refractivity contribution is -0.149. The third kappa shape index (κ3) is 3.34. The highest BCUT2D eigenvalue weighted by molar-refractivity contribution is 7.92. The second kappa shape index (κ2) is 7.85. The van der Waals surface area contributed by atoms with E-state index in [1.807, 2.05) is 31.2 Å². The van der Waals surface area contributed by atoms with Crippen molar-refractivity contribution in [2.45, 2.75) is 36.3 Å². The molecular formula is C21H24ClNO4S. The van der Waals surface area contributed by atoms with Gasteiger partial charge in [0.1, 0.15) is 5.41 Å². The summed E-state index contributed by atoms with van der Waals surface area (Å²) in [6, 6.07) is 13.6. The highest BCUT2D eigenvalue weighted by atomic mass is 35.5. The lowest BCUT2D eigenvalue weighted by Gasteiger charge is -2.14. The Hall–Kier alpha value is -1.89. The van der Waals surface area contributed by atoms with Gasteiger partial charge in [0.15, 0.2) is 9.84 Å². The first-order chi connectivity index (χ1) is 13.3. The molecule has 0 aliphatic heterocycles. The Morgan fingerprint density at radius 1 is 1.11 bits per heavy atom. The number of esters is 1. The Balaban J connectivity index is 2.09. The number of aryl methyl sites for hydroxylation is 1. The van der Waals surface area contributed by atoms with Gasteiger partial charge >= 0.3 is 5.97 Å². The number of hydrogen-bond donors (Lipinski definition) is 1. The minimum absolute atomic E-state index is 0.108. The molecular weight excluding hydrogens is 398 g/mol. The molecule has 3 atom stereocenters. The normalized spacial score (nSPS) is 24.0. The van der Waals surface area contributed by atoms with E-state index >= 15 is 0 Å². The fourth-order valence-electron chi connectivity index (χ4n) is 3.90. The van der Waals surface area contributed by atoms with Gasteiger partial charge in [-0.25, -0.2) is 8.42 Å². The molecule has 28 heavy (non-hydrogen) atoms. The van der Waals surface area contributed by atoms with Gasteiger partial charge in [-0.2, -0.15) is 0 Å². The van der Waals surface area contributed by atoms with Crippen LogP contribution in [0.3, 0.4) is 0 Å². The van der Waals surface area contributed by atoms with Crippen LogP contribution in [0.2, 0.25) is 5.02 Å². The maximum Gasteiger partial charge on any atom is 0.315 e. The van der Waals surface area contributed by atoms with Crippen molar-refractivity contribution in [1.82, 2.24) is 0 Å². The summed E-state index contributed by atoms with van der Waals surface area (Å²) in [6.07, 6.45) is 0.872. The van der Waals surface area contributed by atoms with Gasteiger partial charge in [0.25, 0.3) is 0 Å². The fourth-order valence-corrected chi connectivity index (χ4v) is 6.41. The Labute approximate surface area is 170 Å². The fraction of sp³-hybridized carbons (Fsp3) is 0.381. The molecule has 0 unspecified atom stereocenters. The molecule has 0 aromatic heterocycles. The van der Waals surface area contributed by atoms with Crippen LogP contribution in [0.1, 0.15) is 30.9 Å². The van der Waals surface area contributed by atoms with Crippen molar-refractivity contribution >= 4 is 27.4 Å². The molecule has 2 aromatic carbocycles. The molecule has 2 N–H and O–H groups in total. The SMILES string of the molecule is CCOC(=O)[C@@]1(CN)[C@H](S(=O)(=O)c2ccc(Cl)cc2)[C@@H]1c1ccc(CC)cc1. The minimum Gasteiger partial charge on any atom is -0.465 e. The molecule has 0 amide bonds.